The topological polar surface area (TPSA) is 79.8 Å². The average molecular weight is 399 g/mol. The monoisotopic (exact) mass is 399 g/mol. The zero-order valence-electron chi connectivity index (χ0n) is 17.6. The molecule has 1 amide bonds. The summed E-state index contributed by atoms with van der Waals surface area (Å²) in [5.74, 6) is 1.95. The van der Waals surface area contributed by atoms with Crippen LogP contribution in [0.25, 0.3) is 0 Å². The van der Waals surface area contributed by atoms with Gasteiger partial charge in [0.2, 0.25) is 0 Å². The SMILES string of the molecule is COc1cc2c(cc1OC)CN(C(=O)c1cnc(NCCCN(C)C)cn1)CC2. The number of aromatic nitrogens is 2. The fourth-order valence-corrected chi connectivity index (χ4v) is 3.36. The van der Waals surface area contributed by atoms with E-state index in [1.54, 1.807) is 31.5 Å². The van der Waals surface area contributed by atoms with Crippen LogP contribution in [0.2, 0.25) is 0 Å². The number of rotatable bonds is 8. The van der Waals surface area contributed by atoms with Gasteiger partial charge in [-0.3, -0.25) is 4.79 Å². The number of fused-ring (bicyclic) bond motifs is 1. The van der Waals surface area contributed by atoms with Crippen LogP contribution in [0.5, 0.6) is 11.5 Å². The molecule has 1 aliphatic rings. The van der Waals surface area contributed by atoms with Gasteiger partial charge in [0, 0.05) is 19.6 Å². The number of nitrogens with one attached hydrogen (secondary N) is 1. The summed E-state index contributed by atoms with van der Waals surface area (Å²) < 4.78 is 10.8. The van der Waals surface area contributed by atoms with E-state index in [9.17, 15) is 4.79 Å². The second-order valence-corrected chi connectivity index (χ2v) is 7.32. The molecule has 0 radical (unpaired) electrons. The van der Waals surface area contributed by atoms with Crippen LogP contribution in [-0.2, 0) is 13.0 Å². The van der Waals surface area contributed by atoms with E-state index in [0.717, 1.165) is 31.5 Å². The summed E-state index contributed by atoms with van der Waals surface area (Å²) in [6.45, 7) is 2.97. The second kappa shape index (κ2) is 9.56. The van der Waals surface area contributed by atoms with E-state index in [1.165, 1.54) is 5.56 Å². The first-order valence-corrected chi connectivity index (χ1v) is 9.75. The molecule has 1 aromatic carbocycles. The summed E-state index contributed by atoms with van der Waals surface area (Å²) in [5, 5.41) is 3.23. The predicted molar refractivity (Wildman–Crippen MR) is 112 cm³/mol. The van der Waals surface area contributed by atoms with Crippen LogP contribution in [0.1, 0.15) is 28.0 Å². The van der Waals surface area contributed by atoms with Crippen molar-refractivity contribution in [3.63, 3.8) is 0 Å². The lowest BCUT2D eigenvalue weighted by molar-refractivity contribution is 0.0728. The van der Waals surface area contributed by atoms with Crippen molar-refractivity contribution in [2.24, 2.45) is 0 Å². The van der Waals surface area contributed by atoms with Gasteiger partial charge in [0.1, 0.15) is 11.5 Å². The Bertz CT molecular complexity index is 839. The zero-order chi connectivity index (χ0) is 20.8. The highest BCUT2D eigenvalue weighted by atomic mass is 16.5. The van der Waals surface area contributed by atoms with E-state index in [4.69, 9.17) is 9.47 Å². The van der Waals surface area contributed by atoms with Crippen LogP contribution in [-0.4, -0.2) is 73.6 Å². The molecular formula is C21H29N5O3. The van der Waals surface area contributed by atoms with E-state index < -0.39 is 0 Å². The minimum atomic E-state index is -0.114. The van der Waals surface area contributed by atoms with Gasteiger partial charge >= 0.3 is 0 Å². The Labute approximate surface area is 171 Å². The van der Waals surface area contributed by atoms with Crippen LogP contribution in [0.4, 0.5) is 5.82 Å². The van der Waals surface area contributed by atoms with Gasteiger partial charge in [0.15, 0.2) is 11.5 Å². The summed E-state index contributed by atoms with van der Waals surface area (Å²) in [7, 11) is 7.33. The molecule has 0 aliphatic carbocycles. The molecule has 0 saturated heterocycles. The van der Waals surface area contributed by atoms with Crippen molar-refractivity contribution in [1.82, 2.24) is 19.8 Å². The Morgan fingerprint density at radius 1 is 1.14 bits per heavy atom. The highest BCUT2D eigenvalue weighted by Crippen LogP contribution is 2.33. The van der Waals surface area contributed by atoms with Crippen LogP contribution in [0, 0.1) is 0 Å². The molecule has 156 valence electrons. The molecule has 0 fully saturated rings. The first-order chi connectivity index (χ1) is 14.0. The van der Waals surface area contributed by atoms with Gasteiger partial charge in [-0.25, -0.2) is 9.97 Å². The summed E-state index contributed by atoms with van der Waals surface area (Å²) in [4.78, 5) is 25.5. The first-order valence-electron chi connectivity index (χ1n) is 9.75. The summed E-state index contributed by atoms with van der Waals surface area (Å²) in [5.41, 5.74) is 2.59. The Morgan fingerprint density at radius 3 is 2.48 bits per heavy atom. The summed E-state index contributed by atoms with van der Waals surface area (Å²) in [6.07, 6.45) is 4.94. The standard InChI is InChI=1S/C21H29N5O3/c1-25(2)8-5-7-22-20-13-23-17(12-24-20)21(27)26-9-6-15-10-18(28-3)19(29-4)11-16(15)14-26/h10-13H,5-9,14H2,1-4H3,(H,22,24). The highest BCUT2D eigenvalue weighted by molar-refractivity contribution is 5.92. The van der Waals surface area contributed by atoms with Crippen molar-refractivity contribution in [2.45, 2.75) is 19.4 Å². The van der Waals surface area contributed by atoms with Gasteiger partial charge < -0.3 is 24.6 Å². The van der Waals surface area contributed by atoms with E-state index in [1.807, 2.05) is 26.2 Å². The minimum absolute atomic E-state index is 0.114. The van der Waals surface area contributed by atoms with Crippen molar-refractivity contribution in [1.29, 1.82) is 0 Å². The third-order valence-electron chi connectivity index (χ3n) is 4.96. The molecule has 1 N–H and O–H groups in total. The molecule has 0 saturated carbocycles. The fraction of sp³-hybridized carbons (Fsp3) is 0.476. The van der Waals surface area contributed by atoms with Crippen LogP contribution >= 0.6 is 0 Å². The van der Waals surface area contributed by atoms with E-state index >= 15 is 0 Å². The van der Waals surface area contributed by atoms with Crippen LogP contribution in [0.15, 0.2) is 24.5 Å². The first kappa shape index (κ1) is 20.9. The Kier molecular flexibility index (Phi) is 6.87. The maximum absolute atomic E-state index is 12.9. The fourth-order valence-electron chi connectivity index (χ4n) is 3.36. The number of carbonyl (C=O) groups excluding carboxylic acids is 1. The Balaban J connectivity index is 1.62. The van der Waals surface area contributed by atoms with Crippen LogP contribution in [0.3, 0.4) is 0 Å². The predicted octanol–water partition coefficient (Wildman–Crippen LogP) is 2.06. The Hall–Kier alpha value is -2.87. The second-order valence-electron chi connectivity index (χ2n) is 7.32. The maximum atomic E-state index is 12.9. The minimum Gasteiger partial charge on any atom is -0.493 e. The molecule has 0 atom stereocenters. The summed E-state index contributed by atoms with van der Waals surface area (Å²) in [6, 6.07) is 3.94. The number of nitrogens with zero attached hydrogens (tertiary/aromatic N) is 4. The number of benzene rings is 1. The number of methoxy groups -OCH3 is 2. The highest BCUT2D eigenvalue weighted by Gasteiger charge is 2.24. The maximum Gasteiger partial charge on any atom is 0.274 e. The largest absolute Gasteiger partial charge is 0.493 e. The Morgan fingerprint density at radius 2 is 1.86 bits per heavy atom. The van der Waals surface area contributed by atoms with Gasteiger partial charge in [-0.1, -0.05) is 0 Å². The smallest absolute Gasteiger partial charge is 0.274 e. The number of ether oxygens (including phenoxy) is 2. The third-order valence-corrected chi connectivity index (χ3v) is 4.96. The van der Waals surface area contributed by atoms with Gasteiger partial charge in [-0.05, 0) is 56.7 Å². The lowest BCUT2D eigenvalue weighted by Crippen LogP contribution is -2.36. The lowest BCUT2D eigenvalue weighted by atomic mass is 9.98. The van der Waals surface area contributed by atoms with Gasteiger partial charge in [0.05, 0.1) is 26.6 Å². The molecular weight excluding hydrogens is 370 g/mol. The number of hydrogen-bond donors (Lipinski definition) is 1. The molecule has 2 aromatic rings. The molecule has 8 nitrogen and oxygen atoms in total. The van der Waals surface area contributed by atoms with Crippen molar-refractivity contribution in [3.05, 3.63) is 41.3 Å². The normalized spacial score (nSPS) is 13.2. The molecule has 0 unspecified atom stereocenters. The van der Waals surface area contributed by atoms with Crippen molar-refractivity contribution in [3.8, 4) is 11.5 Å². The molecule has 29 heavy (non-hydrogen) atoms. The molecule has 3 rings (SSSR count). The zero-order valence-corrected chi connectivity index (χ0v) is 17.6. The quantitative estimate of drug-likeness (QED) is 0.681. The third kappa shape index (κ3) is 5.14. The number of anilines is 1. The molecule has 8 heteroatoms. The number of carbonyl (C=O) groups is 1. The molecule has 0 spiro atoms. The lowest BCUT2D eigenvalue weighted by Gasteiger charge is -2.29. The van der Waals surface area contributed by atoms with E-state index in [0.29, 0.717) is 36.1 Å². The molecule has 1 aliphatic heterocycles. The van der Waals surface area contributed by atoms with Crippen molar-refractivity contribution in [2.75, 3.05) is 53.3 Å². The van der Waals surface area contributed by atoms with Gasteiger partial charge in [-0.15, -0.1) is 0 Å². The van der Waals surface area contributed by atoms with E-state index in [2.05, 4.69) is 20.2 Å². The molecule has 0 bridgehead atoms. The van der Waals surface area contributed by atoms with Gasteiger partial charge in [-0.2, -0.15) is 0 Å². The number of hydrogen-bond acceptors (Lipinski definition) is 7. The van der Waals surface area contributed by atoms with E-state index in [-0.39, 0.29) is 5.91 Å². The van der Waals surface area contributed by atoms with Crippen LogP contribution < -0.4 is 14.8 Å². The molecule has 1 aromatic heterocycles. The number of amides is 1. The van der Waals surface area contributed by atoms with Crippen molar-refractivity contribution >= 4 is 11.7 Å². The average Bonchev–Trinajstić information content (AvgIpc) is 2.75. The summed E-state index contributed by atoms with van der Waals surface area (Å²) >= 11 is 0. The van der Waals surface area contributed by atoms with Gasteiger partial charge in [0.25, 0.3) is 5.91 Å². The van der Waals surface area contributed by atoms with Crippen molar-refractivity contribution < 1.29 is 14.3 Å². The molecule has 2 heterocycles.